The van der Waals surface area contributed by atoms with Crippen LogP contribution in [0.1, 0.15) is 24.4 Å². The Kier molecular flexibility index (Phi) is 3.76. The first-order valence-electron chi connectivity index (χ1n) is 6.34. The van der Waals surface area contributed by atoms with Crippen molar-refractivity contribution in [1.82, 2.24) is 14.8 Å². The smallest absolute Gasteiger partial charge is 0.222 e. The second-order valence-electron chi connectivity index (χ2n) is 4.70. The van der Waals surface area contributed by atoms with Crippen molar-refractivity contribution >= 4 is 29.3 Å². The summed E-state index contributed by atoms with van der Waals surface area (Å²) in [5.74, 6) is 1.96. The molecule has 0 bridgehead atoms. The van der Waals surface area contributed by atoms with E-state index in [1.54, 1.807) is 18.9 Å². The van der Waals surface area contributed by atoms with Gasteiger partial charge in [-0.1, -0.05) is 29.4 Å². The summed E-state index contributed by atoms with van der Waals surface area (Å²) >= 11 is 7.74. The Hall–Kier alpha value is -1.40. The molecule has 0 aliphatic heterocycles. The molecule has 1 heterocycles. The maximum Gasteiger partial charge on any atom is 0.222 e. The molecule has 1 aromatic carbocycles. The number of nitrogens with zero attached hydrogens (tertiary/aromatic N) is 3. The maximum atomic E-state index is 6.12. The molecule has 2 N–H and O–H groups in total. The van der Waals surface area contributed by atoms with Gasteiger partial charge in [-0.3, -0.25) is 4.57 Å². The number of aromatic nitrogens is 3. The highest BCUT2D eigenvalue weighted by Crippen LogP contribution is 2.40. The number of rotatable bonds is 5. The monoisotopic (exact) mass is 310 g/mol. The molecule has 1 aliphatic rings. The summed E-state index contributed by atoms with van der Waals surface area (Å²) in [5, 5.41) is 9.59. The average molecular weight is 311 g/mol. The van der Waals surface area contributed by atoms with Crippen LogP contribution in [0.5, 0.6) is 5.75 Å². The van der Waals surface area contributed by atoms with Crippen LogP contribution in [0.25, 0.3) is 0 Å². The van der Waals surface area contributed by atoms with E-state index in [-0.39, 0.29) is 0 Å². The van der Waals surface area contributed by atoms with Gasteiger partial charge >= 0.3 is 0 Å². The van der Waals surface area contributed by atoms with Gasteiger partial charge in [0.1, 0.15) is 5.75 Å². The lowest BCUT2D eigenvalue weighted by atomic mass is 10.2. The first-order chi connectivity index (χ1) is 9.69. The molecule has 1 fully saturated rings. The van der Waals surface area contributed by atoms with Crippen LogP contribution in [0.3, 0.4) is 0 Å². The van der Waals surface area contributed by atoms with Crippen LogP contribution in [0.4, 0.5) is 5.95 Å². The Morgan fingerprint density at radius 3 is 2.90 bits per heavy atom. The van der Waals surface area contributed by atoms with Crippen molar-refractivity contribution in [2.24, 2.45) is 0 Å². The molecule has 1 aromatic heterocycles. The summed E-state index contributed by atoms with van der Waals surface area (Å²) in [5.41, 5.74) is 6.97. The molecule has 1 aliphatic carbocycles. The third-order valence-corrected chi connectivity index (χ3v) is 4.50. The number of methoxy groups -OCH3 is 1. The second-order valence-corrected chi connectivity index (χ2v) is 6.05. The lowest BCUT2D eigenvalue weighted by Gasteiger charge is -2.07. The van der Waals surface area contributed by atoms with Crippen molar-refractivity contribution in [1.29, 1.82) is 0 Å². The molecule has 7 heteroatoms. The van der Waals surface area contributed by atoms with Gasteiger partial charge in [-0.05, 0) is 30.5 Å². The van der Waals surface area contributed by atoms with Gasteiger partial charge in [0.05, 0.1) is 12.1 Å². The van der Waals surface area contributed by atoms with E-state index >= 15 is 0 Å². The summed E-state index contributed by atoms with van der Waals surface area (Å²) in [6.07, 6.45) is 2.31. The summed E-state index contributed by atoms with van der Waals surface area (Å²) in [7, 11) is 1.61. The molecule has 0 atom stereocenters. The molecule has 2 aromatic rings. The Morgan fingerprint density at radius 1 is 1.45 bits per heavy atom. The summed E-state index contributed by atoms with van der Waals surface area (Å²) in [6, 6.07) is 6.26. The molecular weight excluding hydrogens is 296 g/mol. The topological polar surface area (TPSA) is 66.0 Å². The molecule has 0 amide bonds. The molecule has 0 spiro atoms. The van der Waals surface area contributed by atoms with Gasteiger partial charge in [-0.15, -0.1) is 10.2 Å². The van der Waals surface area contributed by atoms with Crippen LogP contribution in [0.15, 0.2) is 23.4 Å². The van der Waals surface area contributed by atoms with E-state index in [2.05, 4.69) is 10.2 Å². The SMILES string of the molecule is COc1ccc(CSc2nnc(N)n2C2CC2)cc1Cl. The van der Waals surface area contributed by atoms with Crippen molar-refractivity contribution in [2.45, 2.75) is 29.8 Å². The quantitative estimate of drug-likeness (QED) is 0.859. The van der Waals surface area contributed by atoms with Crippen molar-refractivity contribution in [3.8, 4) is 5.75 Å². The number of anilines is 1. The number of benzene rings is 1. The number of nitrogen functional groups attached to an aromatic ring is 1. The zero-order valence-electron chi connectivity index (χ0n) is 11.0. The van der Waals surface area contributed by atoms with E-state index in [0.29, 0.717) is 22.8 Å². The van der Waals surface area contributed by atoms with Gasteiger partial charge < -0.3 is 10.5 Å². The van der Waals surface area contributed by atoms with Gasteiger partial charge in [-0.25, -0.2) is 0 Å². The minimum Gasteiger partial charge on any atom is -0.495 e. The number of ether oxygens (including phenoxy) is 1. The van der Waals surface area contributed by atoms with Gasteiger partial charge in [0.25, 0.3) is 0 Å². The molecule has 106 valence electrons. The Morgan fingerprint density at radius 2 is 2.25 bits per heavy atom. The Bertz CT molecular complexity index is 627. The molecular formula is C13H15ClN4OS. The Labute approximate surface area is 126 Å². The summed E-state index contributed by atoms with van der Waals surface area (Å²) in [4.78, 5) is 0. The number of halogens is 1. The van der Waals surface area contributed by atoms with Crippen molar-refractivity contribution in [3.05, 3.63) is 28.8 Å². The summed E-state index contributed by atoms with van der Waals surface area (Å²) in [6.45, 7) is 0. The zero-order valence-corrected chi connectivity index (χ0v) is 12.6. The number of hydrogen-bond donors (Lipinski definition) is 1. The first-order valence-corrected chi connectivity index (χ1v) is 7.71. The standard InChI is InChI=1S/C13H15ClN4OS/c1-19-11-5-2-8(6-10(11)14)7-20-13-17-16-12(15)18(13)9-3-4-9/h2,5-6,9H,3-4,7H2,1H3,(H2,15,16). The highest BCUT2D eigenvalue weighted by atomic mass is 35.5. The fourth-order valence-corrected chi connectivity index (χ4v) is 3.25. The predicted octanol–water partition coefficient (Wildman–Crippen LogP) is 3.15. The molecule has 3 rings (SSSR count). The Balaban J connectivity index is 1.72. The average Bonchev–Trinajstić information content (AvgIpc) is 3.20. The van der Waals surface area contributed by atoms with Crippen LogP contribution in [-0.2, 0) is 5.75 Å². The highest BCUT2D eigenvalue weighted by Gasteiger charge is 2.28. The molecule has 0 radical (unpaired) electrons. The van der Waals surface area contributed by atoms with Crippen LogP contribution in [0, 0.1) is 0 Å². The fraction of sp³-hybridized carbons (Fsp3) is 0.385. The largest absolute Gasteiger partial charge is 0.495 e. The van der Waals surface area contributed by atoms with Crippen LogP contribution < -0.4 is 10.5 Å². The molecule has 20 heavy (non-hydrogen) atoms. The van der Waals surface area contributed by atoms with E-state index in [1.165, 1.54) is 0 Å². The number of nitrogens with two attached hydrogens (primary N) is 1. The van der Waals surface area contributed by atoms with Gasteiger partial charge in [-0.2, -0.15) is 0 Å². The van der Waals surface area contributed by atoms with Crippen molar-refractivity contribution < 1.29 is 4.74 Å². The third kappa shape index (κ3) is 2.71. The van der Waals surface area contributed by atoms with Crippen LogP contribution >= 0.6 is 23.4 Å². The lowest BCUT2D eigenvalue weighted by molar-refractivity contribution is 0.415. The highest BCUT2D eigenvalue weighted by molar-refractivity contribution is 7.98. The first kappa shape index (κ1) is 13.6. The van der Waals surface area contributed by atoms with Crippen molar-refractivity contribution in [2.75, 3.05) is 12.8 Å². The van der Waals surface area contributed by atoms with Gasteiger partial charge in [0.15, 0.2) is 5.16 Å². The predicted molar refractivity (Wildman–Crippen MR) is 80.3 cm³/mol. The fourth-order valence-electron chi connectivity index (χ4n) is 2.01. The lowest BCUT2D eigenvalue weighted by Crippen LogP contribution is -2.02. The number of thioether (sulfide) groups is 1. The van der Waals surface area contributed by atoms with Crippen LogP contribution in [-0.4, -0.2) is 21.9 Å². The van der Waals surface area contributed by atoms with E-state index in [9.17, 15) is 0 Å². The van der Waals surface area contributed by atoms with Crippen molar-refractivity contribution in [3.63, 3.8) is 0 Å². The normalized spacial score (nSPS) is 14.5. The molecule has 0 unspecified atom stereocenters. The molecule has 0 saturated heterocycles. The number of hydrogen-bond acceptors (Lipinski definition) is 5. The zero-order chi connectivity index (χ0) is 14.1. The summed E-state index contributed by atoms with van der Waals surface area (Å²) < 4.78 is 7.17. The van der Waals surface area contributed by atoms with E-state index in [0.717, 1.165) is 29.3 Å². The van der Waals surface area contributed by atoms with E-state index in [1.807, 2.05) is 22.8 Å². The van der Waals surface area contributed by atoms with E-state index < -0.39 is 0 Å². The minimum absolute atomic E-state index is 0.479. The van der Waals surface area contributed by atoms with Crippen LogP contribution in [0.2, 0.25) is 5.02 Å². The minimum atomic E-state index is 0.479. The van der Waals surface area contributed by atoms with Gasteiger partial charge in [0, 0.05) is 11.8 Å². The third-order valence-electron chi connectivity index (χ3n) is 3.19. The molecule has 1 saturated carbocycles. The maximum absolute atomic E-state index is 6.12. The second kappa shape index (κ2) is 5.54. The molecule has 5 nitrogen and oxygen atoms in total. The van der Waals surface area contributed by atoms with Gasteiger partial charge in [0.2, 0.25) is 5.95 Å². The van der Waals surface area contributed by atoms with E-state index in [4.69, 9.17) is 22.1 Å².